The first-order valence-electron chi connectivity index (χ1n) is 6.25. The quantitative estimate of drug-likeness (QED) is 0.701. The van der Waals surface area contributed by atoms with Crippen molar-refractivity contribution >= 4 is 10.9 Å². The molecule has 19 heavy (non-hydrogen) atoms. The van der Waals surface area contributed by atoms with E-state index in [1.54, 1.807) is 16.8 Å². The Morgan fingerprint density at radius 1 is 1.11 bits per heavy atom. The van der Waals surface area contributed by atoms with E-state index in [-0.39, 0.29) is 5.56 Å². The van der Waals surface area contributed by atoms with Gasteiger partial charge in [0.15, 0.2) is 0 Å². The molecule has 2 heterocycles. The molecular weight excluding hydrogens is 236 g/mol. The number of aromatic nitrogens is 2. The number of aryl methyl sites for hydroxylation is 1. The SMILES string of the molecule is Cc1cc2ncccc2c(=O)n1Cc1ccccc1. The average Bonchev–Trinajstić information content (AvgIpc) is 2.45. The summed E-state index contributed by atoms with van der Waals surface area (Å²) in [5.41, 5.74) is 2.83. The van der Waals surface area contributed by atoms with Gasteiger partial charge in [-0.2, -0.15) is 0 Å². The largest absolute Gasteiger partial charge is 0.308 e. The van der Waals surface area contributed by atoms with E-state index in [4.69, 9.17) is 0 Å². The predicted octanol–water partition coefficient (Wildman–Crippen LogP) is 2.75. The number of nitrogens with zero attached hydrogens (tertiary/aromatic N) is 2. The Balaban J connectivity index is 2.16. The fraction of sp³-hybridized carbons (Fsp3) is 0.125. The van der Waals surface area contributed by atoms with Gasteiger partial charge in [-0.25, -0.2) is 0 Å². The lowest BCUT2D eigenvalue weighted by molar-refractivity contribution is 0.737. The molecule has 3 nitrogen and oxygen atoms in total. The molecule has 0 bridgehead atoms. The molecule has 0 saturated heterocycles. The van der Waals surface area contributed by atoms with Crippen LogP contribution in [0, 0.1) is 6.92 Å². The zero-order chi connectivity index (χ0) is 13.2. The third-order valence-corrected chi connectivity index (χ3v) is 3.27. The van der Waals surface area contributed by atoms with Crippen molar-refractivity contribution in [1.29, 1.82) is 0 Å². The topological polar surface area (TPSA) is 34.9 Å². The molecule has 0 aliphatic rings. The van der Waals surface area contributed by atoms with E-state index in [0.717, 1.165) is 16.8 Å². The molecule has 0 saturated carbocycles. The summed E-state index contributed by atoms with van der Waals surface area (Å²) in [5.74, 6) is 0. The van der Waals surface area contributed by atoms with E-state index in [1.807, 2.05) is 49.4 Å². The van der Waals surface area contributed by atoms with E-state index < -0.39 is 0 Å². The van der Waals surface area contributed by atoms with Crippen molar-refractivity contribution in [1.82, 2.24) is 9.55 Å². The Labute approximate surface area is 111 Å². The summed E-state index contributed by atoms with van der Waals surface area (Å²) >= 11 is 0. The highest BCUT2D eigenvalue weighted by Gasteiger charge is 2.07. The zero-order valence-corrected chi connectivity index (χ0v) is 10.7. The maximum absolute atomic E-state index is 12.5. The van der Waals surface area contributed by atoms with Crippen LogP contribution < -0.4 is 5.56 Å². The highest BCUT2D eigenvalue weighted by molar-refractivity contribution is 5.77. The van der Waals surface area contributed by atoms with E-state index in [1.165, 1.54) is 0 Å². The molecule has 0 radical (unpaired) electrons. The van der Waals surface area contributed by atoms with E-state index in [0.29, 0.717) is 11.9 Å². The molecule has 3 aromatic rings. The van der Waals surface area contributed by atoms with Crippen LogP contribution in [0.25, 0.3) is 10.9 Å². The number of hydrogen-bond acceptors (Lipinski definition) is 2. The van der Waals surface area contributed by atoms with Gasteiger partial charge in [0.2, 0.25) is 0 Å². The molecule has 0 atom stereocenters. The molecule has 0 aliphatic heterocycles. The molecule has 3 heteroatoms. The summed E-state index contributed by atoms with van der Waals surface area (Å²) in [6, 6.07) is 15.6. The van der Waals surface area contributed by atoms with Crippen molar-refractivity contribution < 1.29 is 0 Å². The standard InChI is InChI=1S/C16H14N2O/c1-12-10-15-14(8-5-9-17-15)16(19)18(12)11-13-6-3-2-4-7-13/h2-10H,11H2,1H3. The van der Waals surface area contributed by atoms with E-state index >= 15 is 0 Å². The molecular formula is C16H14N2O. The van der Waals surface area contributed by atoms with Crippen LogP contribution in [0.4, 0.5) is 0 Å². The minimum Gasteiger partial charge on any atom is -0.308 e. The second-order valence-electron chi connectivity index (χ2n) is 4.60. The third kappa shape index (κ3) is 2.15. The Morgan fingerprint density at radius 3 is 2.68 bits per heavy atom. The second kappa shape index (κ2) is 4.69. The third-order valence-electron chi connectivity index (χ3n) is 3.27. The van der Waals surface area contributed by atoms with Gasteiger partial charge in [-0.05, 0) is 30.7 Å². The van der Waals surface area contributed by atoms with Crippen molar-refractivity contribution in [3.63, 3.8) is 0 Å². The summed E-state index contributed by atoms with van der Waals surface area (Å²) in [7, 11) is 0. The maximum Gasteiger partial charge on any atom is 0.260 e. The molecule has 0 amide bonds. The Hall–Kier alpha value is -2.42. The van der Waals surface area contributed by atoms with Crippen molar-refractivity contribution in [3.05, 3.63) is 76.3 Å². The first-order valence-corrected chi connectivity index (χ1v) is 6.25. The molecule has 94 valence electrons. The van der Waals surface area contributed by atoms with Crippen molar-refractivity contribution in [2.75, 3.05) is 0 Å². The smallest absolute Gasteiger partial charge is 0.260 e. The Kier molecular flexibility index (Phi) is 2.88. The average molecular weight is 250 g/mol. The van der Waals surface area contributed by atoms with Crippen molar-refractivity contribution in [2.24, 2.45) is 0 Å². The van der Waals surface area contributed by atoms with Crippen LogP contribution in [0.2, 0.25) is 0 Å². The summed E-state index contributed by atoms with van der Waals surface area (Å²) < 4.78 is 1.79. The fourth-order valence-electron chi connectivity index (χ4n) is 2.26. The molecule has 0 aliphatic carbocycles. The van der Waals surface area contributed by atoms with Crippen LogP contribution in [0.15, 0.2) is 59.5 Å². The lowest BCUT2D eigenvalue weighted by Gasteiger charge is -2.11. The first-order chi connectivity index (χ1) is 9.25. The van der Waals surface area contributed by atoms with Gasteiger partial charge < -0.3 is 4.57 Å². The normalized spacial score (nSPS) is 10.8. The van der Waals surface area contributed by atoms with Crippen LogP contribution in [-0.2, 0) is 6.54 Å². The van der Waals surface area contributed by atoms with Crippen LogP contribution in [0.5, 0.6) is 0 Å². The number of benzene rings is 1. The van der Waals surface area contributed by atoms with Gasteiger partial charge in [0.05, 0.1) is 17.4 Å². The number of hydrogen-bond donors (Lipinski definition) is 0. The molecule has 2 aromatic heterocycles. The van der Waals surface area contributed by atoms with Gasteiger partial charge in [-0.15, -0.1) is 0 Å². The maximum atomic E-state index is 12.5. The van der Waals surface area contributed by atoms with Gasteiger partial charge in [0, 0.05) is 11.9 Å². The van der Waals surface area contributed by atoms with Gasteiger partial charge in [0.25, 0.3) is 5.56 Å². The highest BCUT2D eigenvalue weighted by atomic mass is 16.1. The Morgan fingerprint density at radius 2 is 1.89 bits per heavy atom. The summed E-state index contributed by atoms with van der Waals surface area (Å²) in [4.78, 5) is 16.7. The lowest BCUT2D eigenvalue weighted by Crippen LogP contribution is -2.23. The fourth-order valence-corrected chi connectivity index (χ4v) is 2.26. The van der Waals surface area contributed by atoms with Gasteiger partial charge >= 0.3 is 0 Å². The van der Waals surface area contributed by atoms with Gasteiger partial charge in [-0.1, -0.05) is 30.3 Å². The molecule has 1 aromatic carbocycles. The number of fused-ring (bicyclic) bond motifs is 1. The minimum atomic E-state index is 0.0203. The molecule has 0 unspecified atom stereocenters. The molecule has 0 N–H and O–H groups in total. The minimum absolute atomic E-state index is 0.0203. The molecule has 0 spiro atoms. The van der Waals surface area contributed by atoms with Crippen LogP contribution in [0.3, 0.4) is 0 Å². The van der Waals surface area contributed by atoms with E-state index in [2.05, 4.69) is 4.98 Å². The van der Waals surface area contributed by atoms with Crippen LogP contribution in [-0.4, -0.2) is 9.55 Å². The van der Waals surface area contributed by atoms with Crippen molar-refractivity contribution in [2.45, 2.75) is 13.5 Å². The molecule has 0 fully saturated rings. The predicted molar refractivity (Wildman–Crippen MR) is 76.3 cm³/mol. The first kappa shape index (κ1) is 11.7. The van der Waals surface area contributed by atoms with E-state index in [9.17, 15) is 4.79 Å². The molecule has 3 rings (SSSR count). The van der Waals surface area contributed by atoms with Gasteiger partial charge in [0.1, 0.15) is 0 Å². The van der Waals surface area contributed by atoms with Gasteiger partial charge in [-0.3, -0.25) is 9.78 Å². The summed E-state index contributed by atoms with van der Waals surface area (Å²) in [6.07, 6.45) is 1.71. The van der Waals surface area contributed by atoms with Crippen LogP contribution in [0.1, 0.15) is 11.3 Å². The monoisotopic (exact) mass is 250 g/mol. The second-order valence-corrected chi connectivity index (χ2v) is 4.60. The van der Waals surface area contributed by atoms with Crippen LogP contribution >= 0.6 is 0 Å². The summed E-state index contributed by atoms with van der Waals surface area (Å²) in [5, 5.41) is 0.670. The lowest BCUT2D eigenvalue weighted by atomic mass is 10.2. The summed E-state index contributed by atoms with van der Waals surface area (Å²) in [6.45, 7) is 2.54. The van der Waals surface area contributed by atoms with Crippen molar-refractivity contribution in [3.8, 4) is 0 Å². The Bertz CT molecular complexity index is 776. The number of rotatable bonds is 2. The zero-order valence-electron chi connectivity index (χ0n) is 10.7. The number of pyridine rings is 2. The highest BCUT2D eigenvalue weighted by Crippen LogP contribution is 2.10.